The molecular weight excluding hydrogens is 328 g/mol. The largest absolute Gasteiger partial charge is 0.465 e. The van der Waals surface area contributed by atoms with E-state index in [0.717, 1.165) is 5.56 Å². The molecule has 2 rings (SSSR count). The zero-order valence-corrected chi connectivity index (χ0v) is 14.9. The molecule has 2 aromatic carbocycles. The van der Waals surface area contributed by atoms with Crippen molar-refractivity contribution >= 4 is 23.6 Å². The minimum absolute atomic E-state index is 0.000610. The fourth-order valence-electron chi connectivity index (χ4n) is 2.30. The Bertz CT molecular complexity index is 858. The number of benzene rings is 2. The van der Waals surface area contributed by atoms with Gasteiger partial charge in [-0.3, -0.25) is 4.79 Å². The zero-order valence-electron chi connectivity index (χ0n) is 14.9. The number of nitrogens with zero attached hydrogens (tertiary/aromatic N) is 1. The Morgan fingerprint density at radius 1 is 1.08 bits per heavy atom. The second-order valence-electron chi connectivity index (χ2n) is 6.01. The third-order valence-corrected chi connectivity index (χ3v) is 3.84. The van der Waals surface area contributed by atoms with Gasteiger partial charge in [0.1, 0.15) is 11.6 Å². The van der Waals surface area contributed by atoms with E-state index in [4.69, 9.17) is 0 Å². The van der Waals surface area contributed by atoms with E-state index in [-0.39, 0.29) is 5.57 Å². The van der Waals surface area contributed by atoms with Gasteiger partial charge in [0, 0.05) is 5.69 Å². The van der Waals surface area contributed by atoms with Crippen LogP contribution in [0.5, 0.6) is 0 Å². The summed E-state index contributed by atoms with van der Waals surface area (Å²) in [7, 11) is 1.30. The first kappa shape index (κ1) is 18.9. The molecule has 0 saturated carbocycles. The van der Waals surface area contributed by atoms with Crippen LogP contribution in [0, 0.1) is 11.3 Å². The SMILES string of the molecule is COC(=O)c1ccc(NC(=O)/C(C#N)=C\c2ccc(C(C)C)cc2)cc1. The molecule has 0 aliphatic carbocycles. The summed E-state index contributed by atoms with van der Waals surface area (Å²) in [5.41, 5.74) is 2.84. The summed E-state index contributed by atoms with van der Waals surface area (Å²) in [6, 6.07) is 15.9. The van der Waals surface area contributed by atoms with Gasteiger partial charge in [0.2, 0.25) is 0 Å². The normalized spacial score (nSPS) is 11.0. The monoisotopic (exact) mass is 348 g/mol. The molecule has 0 bridgehead atoms. The molecule has 5 nitrogen and oxygen atoms in total. The first-order valence-electron chi connectivity index (χ1n) is 8.16. The quantitative estimate of drug-likeness (QED) is 0.500. The highest BCUT2D eigenvalue weighted by Crippen LogP contribution is 2.17. The number of carbonyl (C=O) groups excluding carboxylic acids is 2. The average Bonchev–Trinajstić information content (AvgIpc) is 2.66. The molecule has 26 heavy (non-hydrogen) atoms. The number of anilines is 1. The van der Waals surface area contributed by atoms with Crippen molar-refractivity contribution in [1.82, 2.24) is 0 Å². The summed E-state index contributed by atoms with van der Waals surface area (Å²) in [5.74, 6) is -0.545. The Morgan fingerprint density at radius 2 is 1.69 bits per heavy atom. The Hall–Kier alpha value is -3.39. The Balaban J connectivity index is 2.13. The van der Waals surface area contributed by atoms with Crippen molar-refractivity contribution in [3.05, 3.63) is 70.8 Å². The number of ether oxygens (including phenoxy) is 1. The molecule has 0 saturated heterocycles. The average molecular weight is 348 g/mol. The molecule has 0 radical (unpaired) electrons. The summed E-state index contributed by atoms with van der Waals surface area (Å²) in [4.78, 5) is 23.7. The summed E-state index contributed by atoms with van der Waals surface area (Å²) in [5, 5.41) is 11.9. The maximum absolute atomic E-state index is 12.3. The number of nitriles is 1. The molecule has 0 aliphatic heterocycles. The lowest BCUT2D eigenvalue weighted by Crippen LogP contribution is -2.13. The molecule has 5 heteroatoms. The summed E-state index contributed by atoms with van der Waals surface area (Å²) >= 11 is 0. The smallest absolute Gasteiger partial charge is 0.337 e. The van der Waals surface area contributed by atoms with Gasteiger partial charge in [-0.15, -0.1) is 0 Å². The minimum Gasteiger partial charge on any atom is -0.465 e. The fraction of sp³-hybridized carbons (Fsp3) is 0.190. The third kappa shape index (κ3) is 4.81. The highest BCUT2D eigenvalue weighted by atomic mass is 16.5. The number of hydrogen-bond acceptors (Lipinski definition) is 4. The number of hydrogen-bond donors (Lipinski definition) is 1. The molecule has 132 valence electrons. The van der Waals surface area contributed by atoms with Crippen molar-refractivity contribution in [2.24, 2.45) is 0 Å². The maximum atomic E-state index is 12.3. The number of methoxy groups -OCH3 is 1. The number of carbonyl (C=O) groups is 2. The maximum Gasteiger partial charge on any atom is 0.337 e. The lowest BCUT2D eigenvalue weighted by atomic mass is 10.0. The van der Waals surface area contributed by atoms with E-state index >= 15 is 0 Å². The fourth-order valence-corrected chi connectivity index (χ4v) is 2.30. The van der Waals surface area contributed by atoms with Crippen LogP contribution in [0.2, 0.25) is 0 Å². The lowest BCUT2D eigenvalue weighted by Gasteiger charge is -2.07. The molecule has 0 atom stereocenters. The van der Waals surface area contributed by atoms with Crippen LogP contribution in [0.3, 0.4) is 0 Å². The number of nitrogens with one attached hydrogen (secondary N) is 1. The second-order valence-corrected chi connectivity index (χ2v) is 6.01. The molecule has 0 aromatic heterocycles. The van der Waals surface area contributed by atoms with Crippen molar-refractivity contribution in [2.45, 2.75) is 19.8 Å². The second kappa shape index (κ2) is 8.63. The molecule has 1 amide bonds. The van der Waals surface area contributed by atoms with Crippen molar-refractivity contribution < 1.29 is 14.3 Å². The Morgan fingerprint density at radius 3 is 2.19 bits per heavy atom. The molecule has 0 spiro atoms. The highest BCUT2D eigenvalue weighted by Gasteiger charge is 2.11. The van der Waals surface area contributed by atoms with Crippen molar-refractivity contribution in [3.63, 3.8) is 0 Å². The van der Waals surface area contributed by atoms with E-state index < -0.39 is 11.9 Å². The molecule has 0 aliphatic rings. The molecule has 0 fully saturated rings. The van der Waals surface area contributed by atoms with Crippen molar-refractivity contribution in [2.75, 3.05) is 12.4 Å². The lowest BCUT2D eigenvalue weighted by molar-refractivity contribution is -0.112. The Labute approximate surface area is 152 Å². The van der Waals surface area contributed by atoms with E-state index in [9.17, 15) is 14.9 Å². The molecule has 0 heterocycles. The van der Waals surface area contributed by atoms with Crippen LogP contribution < -0.4 is 5.32 Å². The number of esters is 1. The predicted octanol–water partition coefficient (Wildman–Crippen LogP) is 4.14. The van der Waals surface area contributed by atoms with Gasteiger partial charge in [0.15, 0.2) is 0 Å². The van der Waals surface area contributed by atoms with E-state index in [1.54, 1.807) is 30.3 Å². The van der Waals surface area contributed by atoms with Crippen molar-refractivity contribution in [1.29, 1.82) is 5.26 Å². The zero-order chi connectivity index (χ0) is 19.1. The van der Waals surface area contributed by atoms with E-state index in [0.29, 0.717) is 17.2 Å². The van der Waals surface area contributed by atoms with E-state index in [1.165, 1.54) is 12.7 Å². The number of rotatable bonds is 5. The Kier molecular flexibility index (Phi) is 6.29. The van der Waals surface area contributed by atoms with Gasteiger partial charge in [-0.25, -0.2) is 4.79 Å². The molecule has 2 aromatic rings. The van der Waals surface area contributed by atoms with Gasteiger partial charge in [0.25, 0.3) is 5.91 Å². The topological polar surface area (TPSA) is 79.2 Å². The highest BCUT2D eigenvalue weighted by molar-refractivity contribution is 6.09. The van der Waals surface area contributed by atoms with Crippen LogP contribution in [0.1, 0.15) is 41.3 Å². The summed E-state index contributed by atoms with van der Waals surface area (Å²) < 4.78 is 4.62. The minimum atomic E-state index is -0.508. The van der Waals surface area contributed by atoms with E-state index in [2.05, 4.69) is 23.9 Å². The molecule has 1 N–H and O–H groups in total. The van der Waals surface area contributed by atoms with Gasteiger partial charge in [-0.1, -0.05) is 38.1 Å². The summed E-state index contributed by atoms with van der Waals surface area (Å²) in [6.07, 6.45) is 1.54. The van der Waals surface area contributed by atoms with Crippen LogP contribution in [-0.2, 0) is 9.53 Å². The standard InChI is InChI=1S/C21H20N2O3/c1-14(2)16-6-4-15(5-7-16)12-18(13-22)20(24)23-19-10-8-17(9-11-19)21(25)26-3/h4-12,14H,1-3H3,(H,23,24)/b18-12-. The van der Waals surface area contributed by atoms with Gasteiger partial charge in [0.05, 0.1) is 12.7 Å². The summed E-state index contributed by atoms with van der Waals surface area (Å²) in [6.45, 7) is 4.20. The molecular formula is C21H20N2O3. The third-order valence-electron chi connectivity index (χ3n) is 3.84. The van der Waals surface area contributed by atoms with E-state index in [1.807, 2.05) is 30.3 Å². The van der Waals surface area contributed by atoms with Crippen LogP contribution in [0.25, 0.3) is 6.08 Å². The van der Waals surface area contributed by atoms with Gasteiger partial charge in [-0.05, 0) is 47.4 Å². The number of amides is 1. The van der Waals surface area contributed by atoms with Gasteiger partial charge in [-0.2, -0.15) is 5.26 Å². The van der Waals surface area contributed by atoms with Crippen LogP contribution in [-0.4, -0.2) is 19.0 Å². The van der Waals surface area contributed by atoms with Gasteiger partial charge >= 0.3 is 5.97 Å². The van der Waals surface area contributed by atoms with Crippen molar-refractivity contribution in [3.8, 4) is 6.07 Å². The van der Waals surface area contributed by atoms with Gasteiger partial charge < -0.3 is 10.1 Å². The predicted molar refractivity (Wildman–Crippen MR) is 101 cm³/mol. The van der Waals surface area contributed by atoms with Crippen LogP contribution >= 0.6 is 0 Å². The van der Waals surface area contributed by atoms with Crippen LogP contribution in [0.15, 0.2) is 54.1 Å². The van der Waals surface area contributed by atoms with Crippen LogP contribution in [0.4, 0.5) is 5.69 Å². The first-order chi connectivity index (χ1) is 12.4. The first-order valence-corrected chi connectivity index (χ1v) is 8.16. The molecule has 0 unspecified atom stereocenters.